The number of halogens is 1. The largest absolute Gasteiger partial charge is 0.489 e. The zero-order valence-corrected chi connectivity index (χ0v) is 10.8. The molecule has 6 heteroatoms. The molecule has 5 nitrogen and oxygen atoms in total. The predicted octanol–water partition coefficient (Wildman–Crippen LogP) is 1.61. The first-order valence-corrected chi connectivity index (χ1v) is 5.98. The second-order valence-corrected chi connectivity index (χ2v) is 4.48. The van der Waals surface area contributed by atoms with Gasteiger partial charge in [0.1, 0.15) is 12.4 Å². The molecule has 0 N–H and O–H groups in total. The van der Waals surface area contributed by atoms with Crippen LogP contribution in [0.5, 0.6) is 11.6 Å². The van der Waals surface area contributed by atoms with Crippen molar-refractivity contribution in [1.29, 1.82) is 0 Å². The Morgan fingerprint density at radius 3 is 2.71 bits per heavy atom. The molecule has 1 saturated heterocycles. The van der Waals surface area contributed by atoms with E-state index >= 15 is 0 Å². The summed E-state index contributed by atoms with van der Waals surface area (Å²) in [5.41, 5.74) is 0. The Balaban J connectivity index is 2.05. The average Bonchev–Trinajstić information content (AvgIpc) is 2.32. The highest BCUT2D eigenvalue weighted by molar-refractivity contribution is 6.31. The number of methoxy groups -OCH3 is 1. The summed E-state index contributed by atoms with van der Waals surface area (Å²) in [4.78, 5) is 10.2. The van der Waals surface area contributed by atoms with Crippen molar-refractivity contribution >= 4 is 11.6 Å². The molecule has 0 unspecified atom stereocenters. The van der Waals surface area contributed by atoms with Crippen molar-refractivity contribution in [2.45, 2.75) is 18.9 Å². The van der Waals surface area contributed by atoms with Crippen molar-refractivity contribution < 1.29 is 9.47 Å². The van der Waals surface area contributed by atoms with E-state index in [2.05, 4.69) is 21.9 Å². The summed E-state index contributed by atoms with van der Waals surface area (Å²) in [6, 6.07) is 0. The number of ether oxygens (including phenoxy) is 2. The van der Waals surface area contributed by atoms with Gasteiger partial charge < -0.3 is 14.4 Å². The molecule has 0 amide bonds. The Kier molecular flexibility index (Phi) is 4.02. The van der Waals surface area contributed by atoms with Gasteiger partial charge in [0.2, 0.25) is 5.75 Å². The number of rotatable bonds is 3. The Morgan fingerprint density at radius 1 is 1.35 bits per heavy atom. The molecule has 17 heavy (non-hydrogen) atoms. The third kappa shape index (κ3) is 2.98. The molecule has 1 aliphatic heterocycles. The maximum Gasteiger partial charge on any atom is 0.262 e. The second-order valence-electron chi connectivity index (χ2n) is 4.12. The third-order valence-corrected chi connectivity index (χ3v) is 3.14. The monoisotopic (exact) mass is 257 g/mol. The van der Waals surface area contributed by atoms with Crippen molar-refractivity contribution in [2.75, 3.05) is 27.2 Å². The molecule has 0 aromatic carbocycles. The highest BCUT2D eigenvalue weighted by Gasteiger charge is 2.21. The van der Waals surface area contributed by atoms with E-state index in [4.69, 9.17) is 21.1 Å². The Bertz CT molecular complexity index is 381. The molecule has 2 rings (SSSR count). The second kappa shape index (κ2) is 5.51. The van der Waals surface area contributed by atoms with Gasteiger partial charge >= 0.3 is 0 Å². The first-order valence-electron chi connectivity index (χ1n) is 5.60. The average molecular weight is 258 g/mol. The van der Waals surface area contributed by atoms with Crippen LogP contribution in [0.4, 0.5) is 0 Å². The quantitative estimate of drug-likeness (QED) is 0.770. The first kappa shape index (κ1) is 12.4. The molecule has 1 aromatic heterocycles. The standard InChI is InChI=1S/C11H16ClN3O2/c1-15-5-3-8(4-6-15)17-11-9(16-2)10(12)13-7-14-11/h7-8H,3-6H2,1-2H3. The lowest BCUT2D eigenvalue weighted by Crippen LogP contribution is -2.35. The van der Waals surface area contributed by atoms with Crippen molar-refractivity contribution in [3.05, 3.63) is 11.5 Å². The molecular formula is C11H16ClN3O2. The van der Waals surface area contributed by atoms with Crippen molar-refractivity contribution in [1.82, 2.24) is 14.9 Å². The highest BCUT2D eigenvalue weighted by atomic mass is 35.5. The van der Waals surface area contributed by atoms with Gasteiger partial charge in [-0.3, -0.25) is 0 Å². The summed E-state index contributed by atoms with van der Waals surface area (Å²) in [5, 5.41) is 0.283. The van der Waals surface area contributed by atoms with Crippen molar-refractivity contribution in [3.8, 4) is 11.6 Å². The van der Waals surface area contributed by atoms with E-state index in [1.54, 1.807) is 0 Å². The van der Waals surface area contributed by atoms with Crippen LogP contribution in [0.25, 0.3) is 0 Å². The molecule has 1 aromatic rings. The van der Waals surface area contributed by atoms with Crippen molar-refractivity contribution in [2.24, 2.45) is 0 Å². The zero-order chi connectivity index (χ0) is 12.3. The van der Waals surface area contributed by atoms with Gasteiger partial charge in [-0.15, -0.1) is 0 Å². The number of likely N-dealkylation sites (tertiary alicyclic amines) is 1. The third-order valence-electron chi connectivity index (χ3n) is 2.88. The van der Waals surface area contributed by atoms with Crippen LogP contribution >= 0.6 is 11.6 Å². The summed E-state index contributed by atoms with van der Waals surface area (Å²) < 4.78 is 11.0. The van der Waals surface area contributed by atoms with Crippen LogP contribution in [0.15, 0.2) is 6.33 Å². The molecular weight excluding hydrogens is 242 g/mol. The smallest absolute Gasteiger partial charge is 0.262 e. The lowest BCUT2D eigenvalue weighted by Gasteiger charge is -2.29. The zero-order valence-electron chi connectivity index (χ0n) is 10.0. The first-order chi connectivity index (χ1) is 8.20. The van der Waals surface area contributed by atoms with E-state index in [9.17, 15) is 0 Å². The van der Waals surface area contributed by atoms with E-state index in [1.165, 1.54) is 13.4 Å². The van der Waals surface area contributed by atoms with Crippen LogP contribution < -0.4 is 9.47 Å². The highest BCUT2D eigenvalue weighted by Crippen LogP contribution is 2.32. The number of nitrogens with zero attached hydrogens (tertiary/aromatic N) is 3. The summed E-state index contributed by atoms with van der Waals surface area (Å²) in [6.45, 7) is 2.07. The Labute approximate surface area is 106 Å². The summed E-state index contributed by atoms with van der Waals surface area (Å²) >= 11 is 5.91. The SMILES string of the molecule is COc1c(Cl)ncnc1OC1CCN(C)CC1. The van der Waals surface area contributed by atoms with Gasteiger partial charge in [-0.25, -0.2) is 4.98 Å². The molecule has 0 saturated carbocycles. The fraction of sp³-hybridized carbons (Fsp3) is 0.636. The molecule has 0 aliphatic carbocycles. The summed E-state index contributed by atoms with van der Waals surface area (Å²) in [7, 11) is 3.64. The molecule has 94 valence electrons. The van der Waals surface area contributed by atoms with Crippen LogP contribution in [0.1, 0.15) is 12.8 Å². The van der Waals surface area contributed by atoms with Gasteiger partial charge in [0.15, 0.2) is 5.15 Å². The normalized spacial score (nSPS) is 18.1. The molecule has 0 bridgehead atoms. The minimum Gasteiger partial charge on any atom is -0.489 e. The van der Waals surface area contributed by atoms with Crippen LogP contribution in [0.2, 0.25) is 5.15 Å². The fourth-order valence-corrected chi connectivity index (χ4v) is 2.06. The van der Waals surface area contributed by atoms with E-state index < -0.39 is 0 Å². The van der Waals surface area contributed by atoms with E-state index in [1.807, 2.05) is 0 Å². The topological polar surface area (TPSA) is 47.5 Å². The van der Waals surface area contributed by atoms with Gasteiger partial charge in [-0.2, -0.15) is 4.98 Å². The minimum absolute atomic E-state index is 0.172. The van der Waals surface area contributed by atoms with E-state index in [0.717, 1.165) is 25.9 Å². The van der Waals surface area contributed by atoms with E-state index in [-0.39, 0.29) is 11.3 Å². The van der Waals surface area contributed by atoms with E-state index in [0.29, 0.717) is 11.6 Å². The van der Waals surface area contributed by atoms with Crippen molar-refractivity contribution in [3.63, 3.8) is 0 Å². The van der Waals surface area contributed by atoms with Gasteiger partial charge in [0.25, 0.3) is 5.88 Å². The van der Waals surface area contributed by atoms with Gasteiger partial charge in [-0.05, 0) is 19.9 Å². The fourth-order valence-electron chi connectivity index (χ4n) is 1.85. The molecule has 0 atom stereocenters. The summed E-state index contributed by atoms with van der Waals surface area (Å²) in [6.07, 6.45) is 3.53. The van der Waals surface area contributed by atoms with Gasteiger partial charge in [0.05, 0.1) is 7.11 Å². The van der Waals surface area contributed by atoms with Crippen LogP contribution in [0.3, 0.4) is 0 Å². The number of piperidine rings is 1. The lowest BCUT2D eigenvalue weighted by atomic mass is 10.1. The molecule has 1 aliphatic rings. The molecule has 1 fully saturated rings. The Hall–Kier alpha value is -1.07. The Morgan fingerprint density at radius 2 is 2.06 bits per heavy atom. The van der Waals surface area contributed by atoms with Crippen LogP contribution in [0, 0.1) is 0 Å². The van der Waals surface area contributed by atoms with Gasteiger partial charge in [0, 0.05) is 13.1 Å². The van der Waals surface area contributed by atoms with Gasteiger partial charge in [-0.1, -0.05) is 11.6 Å². The molecule has 0 spiro atoms. The van der Waals surface area contributed by atoms with Crippen LogP contribution in [-0.2, 0) is 0 Å². The molecule has 2 heterocycles. The molecule has 0 radical (unpaired) electrons. The number of hydrogen-bond acceptors (Lipinski definition) is 5. The van der Waals surface area contributed by atoms with Crippen LogP contribution in [-0.4, -0.2) is 48.2 Å². The minimum atomic E-state index is 0.172. The predicted molar refractivity (Wildman–Crippen MR) is 64.7 cm³/mol. The maximum atomic E-state index is 5.91. The number of aromatic nitrogens is 2. The summed E-state index contributed by atoms with van der Waals surface area (Å²) in [5.74, 6) is 0.843. The lowest BCUT2D eigenvalue weighted by molar-refractivity contribution is 0.106. The number of hydrogen-bond donors (Lipinski definition) is 0. The maximum absolute atomic E-state index is 5.91.